The Labute approximate surface area is 236 Å². The zero-order chi connectivity index (χ0) is 27.9. The van der Waals surface area contributed by atoms with Crippen molar-refractivity contribution in [3.05, 3.63) is 82.4 Å². The van der Waals surface area contributed by atoms with E-state index in [1.807, 2.05) is 54.6 Å². The molecule has 2 N–H and O–H groups in total. The number of nitrogens with zero attached hydrogens (tertiary/aromatic N) is 4. The van der Waals surface area contributed by atoms with Gasteiger partial charge in [-0.2, -0.15) is 15.5 Å². The van der Waals surface area contributed by atoms with E-state index in [4.69, 9.17) is 9.84 Å². The maximum absolute atomic E-state index is 12.6. The third kappa shape index (κ3) is 5.95. The van der Waals surface area contributed by atoms with Crippen molar-refractivity contribution in [1.82, 2.24) is 15.2 Å². The van der Waals surface area contributed by atoms with E-state index in [2.05, 4.69) is 28.8 Å². The highest BCUT2D eigenvalue weighted by Crippen LogP contribution is 2.37. The Morgan fingerprint density at radius 3 is 2.65 bits per heavy atom. The number of carbonyl (C=O) groups excluding carboxylic acids is 2. The number of benzene rings is 2. The van der Waals surface area contributed by atoms with Crippen molar-refractivity contribution < 1.29 is 14.3 Å². The summed E-state index contributed by atoms with van der Waals surface area (Å²) in [7, 11) is 0. The minimum atomic E-state index is -0.930. The molecule has 202 valence electrons. The molecule has 40 heavy (non-hydrogen) atoms. The van der Waals surface area contributed by atoms with Gasteiger partial charge in [0.05, 0.1) is 24.1 Å². The molecule has 2 aromatic carbocycles. The number of hydrazone groups is 1. The molecule has 0 aliphatic heterocycles. The van der Waals surface area contributed by atoms with Crippen LogP contribution in [0.4, 0.5) is 5.00 Å². The summed E-state index contributed by atoms with van der Waals surface area (Å²) < 4.78 is 7.42. The van der Waals surface area contributed by atoms with Gasteiger partial charge in [-0.1, -0.05) is 25.1 Å². The first-order valence-electron chi connectivity index (χ1n) is 13.1. The number of nitriles is 1. The highest BCUT2D eigenvalue weighted by atomic mass is 32.1. The zero-order valence-electron chi connectivity index (χ0n) is 22.0. The van der Waals surface area contributed by atoms with E-state index in [0.29, 0.717) is 28.4 Å². The van der Waals surface area contributed by atoms with Crippen LogP contribution in [-0.4, -0.2) is 34.4 Å². The number of ether oxygens (including phenoxy) is 1. The first-order valence-corrected chi connectivity index (χ1v) is 14.0. The summed E-state index contributed by atoms with van der Waals surface area (Å²) in [5.41, 5.74) is 6.73. The number of fused-ring (bicyclic) bond motifs is 1. The maximum atomic E-state index is 12.6. The van der Waals surface area contributed by atoms with Crippen LogP contribution in [0.2, 0.25) is 0 Å². The number of hydrogen-bond acceptors (Lipinski definition) is 7. The second-order valence-corrected chi connectivity index (χ2v) is 10.4. The van der Waals surface area contributed by atoms with Gasteiger partial charge in [0, 0.05) is 22.2 Å². The Morgan fingerprint density at radius 2 is 1.90 bits per heavy atom. The fourth-order valence-corrected chi connectivity index (χ4v) is 5.73. The van der Waals surface area contributed by atoms with Gasteiger partial charge in [-0.15, -0.1) is 11.3 Å². The van der Waals surface area contributed by atoms with Crippen LogP contribution in [0.5, 0.6) is 5.75 Å². The summed E-state index contributed by atoms with van der Waals surface area (Å²) in [6.07, 6.45) is 7.95. The molecule has 10 heteroatoms. The lowest BCUT2D eigenvalue weighted by Crippen LogP contribution is -2.32. The predicted octanol–water partition coefficient (Wildman–Crippen LogP) is 5.23. The molecule has 0 spiro atoms. The van der Waals surface area contributed by atoms with E-state index in [-0.39, 0.29) is 0 Å². The Morgan fingerprint density at radius 1 is 1.12 bits per heavy atom. The molecule has 0 unspecified atom stereocenters. The van der Waals surface area contributed by atoms with Crippen LogP contribution in [0, 0.1) is 11.3 Å². The van der Waals surface area contributed by atoms with Crippen molar-refractivity contribution in [3.63, 3.8) is 0 Å². The largest absolute Gasteiger partial charge is 0.494 e. The number of aryl methyl sites for hydroxylation is 1. The Kier molecular flexibility index (Phi) is 8.32. The average molecular weight is 553 g/mol. The average Bonchev–Trinajstić information content (AvgIpc) is 3.57. The number of carbonyl (C=O) groups is 2. The van der Waals surface area contributed by atoms with Gasteiger partial charge in [0.15, 0.2) is 0 Å². The number of para-hydroxylation sites is 1. The van der Waals surface area contributed by atoms with E-state index >= 15 is 0 Å². The maximum Gasteiger partial charge on any atom is 0.329 e. The molecule has 1 aliphatic carbocycles. The molecule has 2 aromatic heterocycles. The second-order valence-electron chi connectivity index (χ2n) is 9.27. The normalized spacial score (nSPS) is 12.5. The van der Waals surface area contributed by atoms with Gasteiger partial charge in [0.2, 0.25) is 0 Å². The second kappa shape index (κ2) is 12.4. The summed E-state index contributed by atoms with van der Waals surface area (Å²) in [5, 5.41) is 21.4. The molecule has 2 amide bonds. The molecule has 0 radical (unpaired) electrons. The first kappa shape index (κ1) is 26.8. The molecule has 0 atom stereocenters. The van der Waals surface area contributed by atoms with Crippen LogP contribution in [-0.2, 0) is 22.4 Å². The highest BCUT2D eigenvalue weighted by molar-refractivity contribution is 7.16. The lowest BCUT2D eigenvalue weighted by atomic mass is 9.96. The van der Waals surface area contributed by atoms with Gasteiger partial charge in [-0.25, -0.2) is 10.1 Å². The molecule has 0 bridgehead atoms. The number of hydrogen-bond donors (Lipinski definition) is 2. The molecule has 0 saturated carbocycles. The topological polar surface area (TPSA) is 121 Å². The number of thiophene rings is 1. The fourth-order valence-electron chi connectivity index (χ4n) is 4.49. The molecular formula is C30H28N6O3S. The lowest BCUT2D eigenvalue weighted by molar-refractivity contribution is -0.136. The van der Waals surface area contributed by atoms with E-state index in [0.717, 1.165) is 59.5 Å². The Balaban J connectivity index is 1.33. The standard InChI is InChI=1S/C30H28N6O3S/c1-2-16-39-23-14-12-20(13-15-23)27-21(19-36(35-27)22-8-4-3-5-9-22)18-32-34-29(38)28(37)33-30-25(17-31)24-10-6-7-11-26(24)40-30/h3-5,8-9,12-15,18-19H,2,6-7,10-11,16H2,1H3,(H,33,37)(H,34,38). The lowest BCUT2D eigenvalue weighted by Gasteiger charge is -2.09. The smallest absolute Gasteiger partial charge is 0.329 e. The summed E-state index contributed by atoms with van der Waals surface area (Å²) in [6.45, 7) is 2.69. The summed E-state index contributed by atoms with van der Waals surface area (Å²) in [6, 6.07) is 19.4. The molecule has 0 saturated heterocycles. The van der Waals surface area contributed by atoms with Crippen molar-refractivity contribution in [2.24, 2.45) is 5.10 Å². The van der Waals surface area contributed by atoms with Crippen LogP contribution < -0.4 is 15.5 Å². The quantitative estimate of drug-likeness (QED) is 0.176. The number of rotatable bonds is 8. The van der Waals surface area contributed by atoms with Gasteiger partial charge in [-0.3, -0.25) is 9.59 Å². The third-order valence-electron chi connectivity index (χ3n) is 6.45. The third-order valence-corrected chi connectivity index (χ3v) is 7.66. The number of aromatic nitrogens is 2. The summed E-state index contributed by atoms with van der Waals surface area (Å²) in [5.74, 6) is -1.04. The highest BCUT2D eigenvalue weighted by Gasteiger charge is 2.23. The molecule has 4 aromatic rings. The van der Waals surface area contributed by atoms with Crippen LogP contribution in [0.3, 0.4) is 0 Å². The minimum Gasteiger partial charge on any atom is -0.494 e. The Bertz CT molecular complexity index is 1580. The van der Waals surface area contributed by atoms with Crippen molar-refractivity contribution in [2.75, 3.05) is 11.9 Å². The van der Waals surface area contributed by atoms with E-state index in [1.165, 1.54) is 17.6 Å². The zero-order valence-corrected chi connectivity index (χ0v) is 22.8. The Hall–Kier alpha value is -4.75. The van der Waals surface area contributed by atoms with Crippen LogP contribution in [0.15, 0.2) is 65.9 Å². The number of anilines is 1. The van der Waals surface area contributed by atoms with Gasteiger partial charge in [0.1, 0.15) is 22.5 Å². The van der Waals surface area contributed by atoms with E-state index < -0.39 is 11.8 Å². The van der Waals surface area contributed by atoms with Gasteiger partial charge >= 0.3 is 11.8 Å². The monoisotopic (exact) mass is 552 g/mol. The number of amides is 2. The summed E-state index contributed by atoms with van der Waals surface area (Å²) in [4.78, 5) is 26.2. The summed E-state index contributed by atoms with van der Waals surface area (Å²) >= 11 is 1.37. The van der Waals surface area contributed by atoms with Crippen molar-refractivity contribution >= 4 is 34.4 Å². The molecular weight excluding hydrogens is 524 g/mol. The minimum absolute atomic E-state index is 0.413. The SMILES string of the molecule is CCCOc1ccc(-c2nn(-c3ccccc3)cc2C=NNC(=O)C(=O)Nc2sc3c(c2C#N)CCCC3)cc1. The van der Waals surface area contributed by atoms with Gasteiger partial charge < -0.3 is 10.1 Å². The van der Waals surface area contributed by atoms with E-state index in [1.54, 1.807) is 10.9 Å². The fraction of sp³-hybridized carbons (Fsp3) is 0.233. The van der Waals surface area contributed by atoms with Crippen molar-refractivity contribution in [2.45, 2.75) is 39.0 Å². The van der Waals surface area contributed by atoms with E-state index in [9.17, 15) is 14.9 Å². The van der Waals surface area contributed by atoms with Gasteiger partial charge in [0.25, 0.3) is 0 Å². The molecule has 1 aliphatic rings. The predicted molar refractivity (Wildman–Crippen MR) is 155 cm³/mol. The molecule has 2 heterocycles. The number of nitrogens with one attached hydrogen (secondary N) is 2. The van der Waals surface area contributed by atoms with Crippen LogP contribution >= 0.6 is 11.3 Å². The van der Waals surface area contributed by atoms with Crippen molar-refractivity contribution in [3.8, 4) is 28.8 Å². The molecule has 9 nitrogen and oxygen atoms in total. The van der Waals surface area contributed by atoms with Gasteiger partial charge in [-0.05, 0) is 74.1 Å². The van der Waals surface area contributed by atoms with Crippen molar-refractivity contribution in [1.29, 1.82) is 5.26 Å². The van der Waals surface area contributed by atoms with Crippen LogP contribution in [0.25, 0.3) is 16.9 Å². The first-order chi connectivity index (χ1) is 19.6. The molecule has 5 rings (SSSR count). The van der Waals surface area contributed by atoms with Crippen LogP contribution in [0.1, 0.15) is 47.8 Å². The molecule has 0 fully saturated rings.